The maximum absolute atomic E-state index is 11.1. The molecule has 0 aromatic heterocycles. The molecule has 0 rings (SSSR count). The van der Waals surface area contributed by atoms with Gasteiger partial charge >= 0.3 is 21.7 Å². The molecule has 0 saturated carbocycles. The van der Waals surface area contributed by atoms with E-state index in [1.165, 1.54) is 0 Å². The summed E-state index contributed by atoms with van der Waals surface area (Å²) in [5, 5.41) is 0. The van der Waals surface area contributed by atoms with E-state index in [1.54, 1.807) is 25.1 Å². The fourth-order valence-corrected chi connectivity index (χ4v) is 0.807. The van der Waals surface area contributed by atoms with E-state index in [4.69, 9.17) is 0 Å². The van der Waals surface area contributed by atoms with Gasteiger partial charge in [0.15, 0.2) is 0 Å². The number of nitrogens with zero attached hydrogens (tertiary/aromatic N) is 1. The Morgan fingerprint density at radius 2 is 1.62 bits per heavy atom. The van der Waals surface area contributed by atoms with Crippen molar-refractivity contribution in [1.82, 2.24) is 4.90 Å². The molecule has 1 amide bonds. The molecule has 0 aliphatic rings. The number of allylic oxidation sites excluding steroid dienone is 3. The maximum Gasteiger partial charge on any atom is 2.00 e. The molecule has 0 bridgehead atoms. The molecule has 0 saturated heterocycles. The Kier molecular flexibility index (Phi) is 20.2. The van der Waals surface area contributed by atoms with Crippen LogP contribution in [0.3, 0.4) is 0 Å². The molecule has 0 fully saturated rings. The molecule has 4 heteroatoms. The summed E-state index contributed by atoms with van der Waals surface area (Å²) in [6.45, 7) is 11.2. The summed E-state index contributed by atoms with van der Waals surface area (Å²) >= 11 is 0. The van der Waals surface area contributed by atoms with Crippen LogP contribution in [0, 0.1) is 5.41 Å². The first-order valence-electron chi connectivity index (χ1n) is 4.72. The quantitative estimate of drug-likeness (QED) is 0.524. The Bertz CT molecular complexity index is 208. The summed E-state index contributed by atoms with van der Waals surface area (Å²) < 4.78 is 0. The number of hydrogen-bond donors (Lipinski definition) is 0. The van der Waals surface area contributed by atoms with Gasteiger partial charge < -0.3 is 4.90 Å². The monoisotopic (exact) mass is 277 g/mol. The van der Waals surface area contributed by atoms with E-state index in [-0.39, 0.29) is 44.0 Å². The third-order valence-electron chi connectivity index (χ3n) is 1.38. The number of carbonyl (C=O) groups excluding carboxylic acids is 1. The van der Waals surface area contributed by atoms with E-state index < -0.39 is 0 Å². The Balaban J connectivity index is -0.0000000904. The third kappa shape index (κ3) is 16.3. The van der Waals surface area contributed by atoms with Gasteiger partial charge in [-0.1, -0.05) is 45.6 Å². The zero-order chi connectivity index (χ0) is 11.8. The molecular weight excluding hydrogens is 250 g/mol. The van der Waals surface area contributed by atoms with E-state index >= 15 is 0 Å². The van der Waals surface area contributed by atoms with Crippen LogP contribution in [0.5, 0.6) is 0 Å². The summed E-state index contributed by atoms with van der Waals surface area (Å²) in [6, 6.07) is 0. The van der Waals surface area contributed by atoms with Crippen LogP contribution < -0.4 is 0 Å². The Morgan fingerprint density at radius 1 is 1.25 bits per heavy atom. The van der Waals surface area contributed by atoms with Gasteiger partial charge in [-0.15, -0.1) is 0 Å². The smallest absolute Gasteiger partial charge is 0.348 e. The molecular formula is C12H27NOSiTi+2. The molecule has 0 N–H and O–H groups in total. The summed E-state index contributed by atoms with van der Waals surface area (Å²) in [5.41, 5.74) is -0.233. The van der Waals surface area contributed by atoms with Crippen molar-refractivity contribution in [1.29, 1.82) is 0 Å². The molecule has 0 atom stereocenters. The van der Waals surface area contributed by atoms with E-state index in [1.807, 2.05) is 39.8 Å². The fourth-order valence-electron chi connectivity index (χ4n) is 0.807. The van der Waals surface area contributed by atoms with Crippen molar-refractivity contribution in [2.75, 3.05) is 14.1 Å². The van der Waals surface area contributed by atoms with Gasteiger partial charge in [0.2, 0.25) is 5.91 Å². The molecule has 92 valence electrons. The zero-order valence-electron chi connectivity index (χ0n) is 10.8. The zero-order valence-corrected chi connectivity index (χ0v) is 12.4. The standard InChI is InChI=1S/C7H15NO.C5H8.H4Si.Ti/c1-7(2,3)6(9)8(4)5;1-3-5-4-2;;/h1-5H3;3-5H,1H2,2H3;1H4;/q;;;+2. The minimum Gasteiger partial charge on any atom is -0.348 e. The van der Waals surface area contributed by atoms with Crippen molar-refractivity contribution in [2.24, 2.45) is 5.41 Å². The van der Waals surface area contributed by atoms with E-state index in [0.717, 1.165) is 0 Å². The molecule has 0 heterocycles. The van der Waals surface area contributed by atoms with Crippen LogP contribution in [0.25, 0.3) is 0 Å². The summed E-state index contributed by atoms with van der Waals surface area (Å²) in [6.07, 6.45) is 5.58. The molecule has 0 aromatic rings. The molecule has 0 aromatic carbocycles. The second-order valence-corrected chi connectivity index (χ2v) is 4.21. The fraction of sp³-hybridized carbons (Fsp3) is 0.583. The second kappa shape index (κ2) is 12.9. The second-order valence-electron chi connectivity index (χ2n) is 4.21. The molecule has 0 radical (unpaired) electrons. The van der Waals surface area contributed by atoms with Crippen molar-refractivity contribution in [3.63, 3.8) is 0 Å². The summed E-state index contributed by atoms with van der Waals surface area (Å²) in [5.74, 6) is 0.169. The molecule has 0 unspecified atom stereocenters. The Hall–Kier alpha value is -0.119. The van der Waals surface area contributed by atoms with Crippen LogP contribution in [-0.4, -0.2) is 35.9 Å². The molecule has 0 aliphatic carbocycles. The van der Waals surface area contributed by atoms with Crippen LogP contribution in [0.2, 0.25) is 0 Å². The number of hydrogen-bond acceptors (Lipinski definition) is 1. The van der Waals surface area contributed by atoms with Gasteiger partial charge in [-0.05, 0) is 17.9 Å². The number of rotatable bonds is 1. The summed E-state index contributed by atoms with van der Waals surface area (Å²) in [4.78, 5) is 12.7. The molecule has 2 nitrogen and oxygen atoms in total. The van der Waals surface area contributed by atoms with Crippen molar-refractivity contribution in [3.05, 3.63) is 24.8 Å². The minimum atomic E-state index is -0.233. The van der Waals surface area contributed by atoms with E-state index in [2.05, 4.69) is 6.58 Å². The van der Waals surface area contributed by atoms with E-state index in [0.29, 0.717) is 0 Å². The van der Waals surface area contributed by atoms with Gasteiger partial charge in [0.25, 0.3) is 0 Å². The van der Waals surface area contributed by atoms with Crippen molar-refractivity contribution in [2.45, 2.75) is 27.7 Å². The predicted octanol–water partition coefficient (Wildman–Crippen LogP) is 1.42. The first kappa shape index (κ1) is 24.9. The molecule has 16 heavy (non-hydrogen) atoms. The van der Waals surface area contributed by atoms with Crippen LogP contribution in [0.15, 0.2) is 24.8 Å². The third-order valence-corrected chi connectivity index (χ3v) is 1.38. The van der Waals surface area contributed by atoms with Crippen LogP contribution in [0.1, 0.15) is 27.7 Å². The molecule has 0 aliphatic heterocycles. The molecule has 0 spiro atoms. The normalized spacial score (nSPS) is 9.12. The van der Waals surface area contributed by atoms with Crippen molar-refractivity contribution < 1.29 is 26.5 Å². The largest absolute Gasteiger partial charge is 2.00 e. The minimum absolute atomic E-state index is 0. The van der Waals surface area contributed by atoms with Crippen LogP contribution >= 0.6 is 0 Å². The van der Waals surface area contributed by atoms with Gasteiger partial charge in [0.1, 0.15) is 0 Å². The van der Waals surface area contributed by atoms with Crippen molar-refractivity contribution >= 4 is 16.9 Å². The number of carbonyl (C=O) groups is 1. The average Bonchev–Trinajstić information content (AvgIpc) is 2.04. The summed E-state index contributed by atoms with van der Waals surface area (Å²) in [7, 11) is 3.54. The van der Waals surface area contributed by atoms with Gasteiger partial charge in [-0.2, -0.15) is 0 Å². The van der Waals surface area contributed by atoms with Crippen molar-refractivity contribution in [3.8, 4) is 0 Å². The topological polar surface area (TPSA) is 20.3 Å². The maximum atomic E-state index is 11.1. The van der Waals surface area contributed by atoms with E-state index in [9.17, 15) is 4.79 Å². The predicted molar refractivity (Wildman–Crippen MR) is 74.5 cm³/mol. The number of amides is 1. The van der Waals surface area contributed by atoms with Gasteiger partial charge in [0, 0.05) is 19.5 Å². The Morgan fingerprint density at radius 3 is 1.62 bits per heavy atom. The first-order valence-corrected chi connectivity index (χ1v) is 4.72. The van der Waals surface area contributed by atoms with Gasteiger partial charge in [0.05, 0.1) is 0 Å². The Labute approximate surface area is 120 Å². The van der Waals surface area contributed by atoms with Crippen LogP contribution in [-0.2, 0) is 26.5 Å². The van der Waals surface area contributed by atoms with Gasteiger partial charge in [-0.3, -0.25) is 4.79 Å². The van der Waals surface area contributed by atoms with Gasteiger partial charge in [-0.25, -0.2) is 0 Å². The average molecular weight is 277 g/mol. The first-order chi connectivity index (χ1) is 6.27. The SMILES string of the molecule is C=CC=CC.CN(C)C(=O)C(C)(C)C.[SiH4].[Ti+2]. The van der Waals surface area contributed by atoms with Crippen LogP contribution in [0.4, 0.5) is 0 Å².